The summed E-state index contributed by atoms with van der Waals surface area (Å²) in [7, 11) is 1.07. The number of halogens is 3. The van der Waals surface area contributed by atoms with E-state index in [-0.39, 0.29) is 11.1 Å². The average molecular weight is 481 g/mol. The van der Waals surface area contributed by atoms with E-state index in [1.165, 1.54) is 32.9 Å². The fraction of sp³-hybridized carbons (Fsp3) is 0.435. The molecule has 0 aromatic heterocycles. The summed E-state index contributed by atoms with van der Waals surface area (Å²) in [4.78, 5) is 11.7. The Labute approximate surface area is 194 Å². The lowest BCUT2D eigenvalue weighted by atomic mass is 9.88. The standard InChI is InChI=1S/C23H27BF3NO4S/c1-12-10-17(25)9-8-16(12)11-28(15(4)22(29)32-23(5,6)7)33(30,31)21-18(24)13(2)14(3)19(26)20(21)27/h8-10,15H,11H2,1-7H3/t15-/m1/s1. The molecular weight excluding hydrogens is 454 g/mol. The molecule has 0 unspecified atom stereocenters. The van der Waals surface area contributed by atoms with E-state index in [0.717, 1.165) is 6.07 Å². The average Bonchev–Trinajstić information content (AvgIpc) is 2.68. The minimum Gasteiger partial charge on any atom is -0.459 e. The highest BCUT2D eigenvalue weighted by atomic mass is 32.2. The monoisotopic (exact) mass is 481 g/mol. The highest BCUT2D eigenvalue weighted by Crippen LogP contribution is 2.28. The second-order valence-electron chi connectivity index (χ2n) is 8.95. The van der Waals surface area contributed by atoms with Crippen LogP contribution in [0.25, 0.3) is 0 Å². The van der Waals surface area contributed by atoms with Gasteiger partial charge >= 0.3 is 5.97 Å². The fourth-order valence-electron chi connectivity index (χ4n) is 3.23. The van der Waals surface area contributed by atoms with Crippen LogP contribution in [0.5, 0.6) is 0 Å². The number of hydrogen-bond donors (Lipinski definition) is 0. The molecule has 10 heteroatoms. The van der Waals surface area contributed by atoms with E-state index in [9.17, 15) is 26.4 Å². The van der Waals surface area contributed by atoms with Crippen LogP contribution in [0, 0.1) is 38.2 Å². The number of hydrogen-bond acceptors (Lipinski definition) is 4. The van der Waals surface area contributed by atoms with Crippen molar-refractivity contribution < 1.29 is 31.1 Å². The number of rotatable bonds is 6. The predicted molar refractivity (Wildman–Crippen MR) is 120 cm³/mol. The maximum atomic E-state index is 14.9. The van der Waals surface area contributed by atoms with Crippen LogP contribution in [-0.4, -0.2) is 38.2 Å². The van der Waals surface area contributed by atoms with E-state index in [1.807, 2.05) is 0 Å². The molecule has 2 aromatic carbocycles. The molecule has 0 bridgehead atoms. The van der Waals surface area contributed by atoms with Gasteiger partial charge in [0.15, 0.2) is 11.6 Å². The summed E-state index contributed by atoms with van der Waals surface area (Å²) in [6.45, 7) is 9.89. The van der Waals surface area contributed by atoms with Crippen molar-refractivity contribution in [2.75, 3.05) is 0 Å². The quantitative estimate of drug-likeness (QED) is 0.466. The molecule has 0 aliphatic heterocycles. The van der Waals surface area contributed by atoms with Crippen molar-refractivity contribution in [3.05, 3.63) is 57.9 Å². The van der Waals surface area contributed by atoms with Gasteiger partial charge in [-0.05, 0) is 77.3 Å². The maximum Gasteiger partial charge on any atom is 0.324 e. The Hall–Kier alpha value is -2.33. The smallest absolute Gasteiger partial charge is 0.324 e. The van der Waals surface area contributed by atoms with Crippen LogP contribution in [0.3, 0.4) is 0 Å². The van der Waals surface area contributed by atoms with Gasteiger partial charge in [-0.25, -0.2) is 21.6 Å². The van der Waals surface area contributed by atoms with Crippen LogP contribution >= 0.6 is 0 Å². The third-order valence-electron chi connectivity index (χ3n) is 5.31. The molecule has 0 fully saturated rings. The number of aryl methyl sites for hydroxylation is 1. The lowest BCUT2D eigenvalue weighted by molar-refractivity contribution is -0.159. The summed E-state index contributed by atoms with van der Waals surface area (Å²) in [5.41, 5.74) is -0.669. The van der Waals surface area contributed by atoms with Gasteiger partial charge in [-0.15, -0.1) is 0 Å². The lowest BCUT2D eigenvalue weighted by Crippen LogP contribution is -2.47. The third kappa shape index (κ3) is 5.61. The van der Waals surface area contributed by atoms with Crippen LogP contribution < -0.4 is 5.46 Å². The Morgan fingerprint density at radius 1 is 1.09 bits per heavy atom. The largest absolute Gasteiger partial charge is 0.459 e. The molecule has 2 aromatic rings. The van der Waals surface area contributed by atoms with Crippen molar-refractivity contribution in [1.82, 2.24) is 4.31 Å². The Morgan fingerprint density at radius 3 is 2.18 bits per heavy atom. The molecule has 0 saturated heterocycles. The molecular formula is C23H27BF3NO4S. The molecule has 178 valence electrons. The van der Waals surface area contributed by atoms with E-state index in [1.54, 1.807) is 27.7 Å². The van der Waals surface area contributed by atoms with Crippen molar-refractivity contribution in [3.63, 3.8) is 0 Å². The number of nitrogens with zero attached hydrogens (tertiary/aromatic N) is 1. The van der Waals surface area contributed by atoms with Crippen molar-refractivity contribution in [3.8, 4) is 0 Å². The minimum absolute atomic E-state index is 0.0651. The molecule has 0 amide bonds. The normalized spacial score (nSPS) is 13.3. The topological polar surface area (TPSA) is 63.7 Å². The zero-order valence-corrected chi connectivity index (χ0v) is 20.5. The van der Waals surface area contributed by atoms with Gasteiger partial charge < -0.3 is 4.74 Å². The number of esters is 1. The van der Waals surface area contributed by atoms with E-state index >= 15 is 0 Å². The van der Waals surface area contributed by atoms with Gasteiger partial charge in [0.05, 0.1) is 0 Å². The van der Waals surface area contributed by atoms with Crippen LogP contribution in [0.1, 0.15) is 49.9 Å². The molecule has 1 atom stereocenters. The molecule has 5 nitrogen and oxygen atoms in total. The van der Waals surface area contributed by atoms with Gasteiger partial charge in [0.1, 0.15) is 30.2 Å². The molecule has 0 aliphatic rings. The molecule has 0 N–H and O–H groups in total. The Kier molecular flexibility index (Phi) is 7.75. The Morgan fingerprint density at radius 2 is 1.67 bits per heavy atom. The molecule has 0 aliphatic carbocycles. The van der Waals surface area contributed by atoms with Crippen LogP contribution in [0.2, 0.25) is 0 Å². The van der Waals surface area contributed by atoms with Crippen LogP contribution in [-0.2, 0) is 26.1 Å². The summed E-state index contributed by atoms with van der Waals surface area (Å²) in [6.07, 6.45) is 0. The van der Waals surface area contributed by atoms with Crippen molar-refractivity contribution in [2.24, 2.45) is 0 Å². The van der Waals surface area contributed by atoms with Crippen molar-refractivity contribution in [1.29, 1.82) is 0 Å². The molecule has 2 radical (unpaired) electrons. The summed E-state index contributed by atoms with van der Waals surface area (Å²) >= 11 is 0. The first-order valence-corrected chi connectivity index (χ1v) is 11.7. The van der Waals surface area contributed by atoms with Gasteiger partial charge in [0.2, 0.25) is 10.0 Å². The van der Waals surface area contributed by atoms with Gasteiger partial charge in [-0.1, -0.05) is 17.1 Å². The van der Waals surface area contributed by atoms with E-state index < -0.39 is 62.0 Å². The summed E-state index contributed by atoms with van der Waals surface area (Å²) in [5, 5.41) is 0. The Balaban J connectivity index is 2.72. The SMILES string of the molecule is [B]c1c(C)c(C)c(F)c(F)c1S(=O)(=O)N(Cc1ccc(F)cc1C)[C@H](C)C(=O)OC(C)(C)C. The number of carbonyl (C=O) groups is 1. The highest BCUT2D eigenvalue weighted by molar-refractivity contribution is 7.89. The summed E-state index contributed by atoms with van der Waals surface area (Å²) in [5.74, 6) is -4.40. The second kappa shape index (κ2) is 9.50. The van der Waals surface area contributed by atoms with Gasteiger partial charge in [0, 0.05) is 6.54 Å². The molecule has 33 heavy (non-hydrogen) atoms. The Bertz CT molecular complexity index is 1160. The molecule has 0 saturated carbocycles. The van der Waals surface area contributed by atoms with Crippen molar-refractivity contribution >= 4 is 29.3 Å². The van der Waals surface area contributed by atoms with E-state index in [2.05, 4.69) is 0 Å². The van der Waals surface area contributed by atoms with Gasteiger partial charge in [-0.2, -0.15) is 4.31 Å². The first kappa shape index (κ1) is 26.9. The first-order chi connectivity index (χ1) is 15.0. The zero-order valence-electron chi connectivity index (χ0n) is 19.7. The van der Waals surface area contributed by atoms with Gasteiger partial charge in [-0.3, -0.25) is 4.79 Å². The third-order valence-corrected chi connectivity index (χ3v) is 7.29. The zero-order chi connectivity index (χ0) is 25.5. The van der Waals surface area contributed by atoms with Crippen LogP contribution in [0.4, 0.5) is 13.2 Å². The fourth-order valence-corrected chi connectivity index (χ4v) is 5.02. The predicted octanol–water partition coefficient (Wildman–Crippen LogP) is 3.74. The second-order valence-corrected chi connectivity index (χ2v) is 10.8. The highest BCUT2D eigenvalue weighted by Gasteiger charge is 2.39. The number of benzene rings is 2. The molecule has 0 spiro atoms. The number of carbonyl (C=O) groups excluding carboxylic acids is 1. The lowest BCUT2D eigenvalue weighted by Gasteiger charge is -2.31. The van der Waals surface area contributed by atoms with E-state index in [4.69, 9.17) is 12.6 Å². The first-order valence-electron chi connectivity index (χ1n) is 10.2. The van der Waals surface area contributed by atoms with Crippen molar-refractivity contribution in [2.45, 2.75) is 71.5 Å². The minimum atomic E-state index is -4.85. The number of sulfonamides is 1. The molecule has 0 heterocycles. The summed E-state index contributed by atoms with van der Waals surface area (Å²) < 4.78 is 76.3. The van der Waals surface area contributed by atoms with Gasteiger partial charge in [0.25, 0.3) is 0 Å². The van der Waals surface area contributed by atoms with Crippen LogP contribution in [0.15, 0.2) is 23.1 Å². The summed E-state index contributed by atoms with van der Waals surface area (Å²) in [6, 6.07) is 2.26. The number of ether oxygens (including phenoxy) is 1. The molecule has 2 rings (SSSR count). The van der Waals surface area contributed by atoms with E-state index in [0.29, 0.717) is 15.4 Å². The maximum absolute atomic E-state index is 14.9.